The van der Waals surface area contributed by atoms with Crippen molar-refractivity contribution in [3.63, 3.8) is 0 Å². The average Bonchev–Trinajstić information content (AvgIpc) is 3.34. The standard InChI is InChI=1S/C17H16FN3O2/c18-12-4-1-5-13(7-12)21-17(23)15-8-14(15)16(22)20-10-11-3-2-6-19-9-11/h1-7,9,14-15H,8,10H2,(H,20,22)(H,21,23). The van der Waals surface area contributed by atoms with Crippen molar-refractivity contribution in [1.82, 2.24) is 10.3 Å². The fraction of sp³-hybridized carbons (Fsp3) is 0.235. The average molecular weight is 313 g/mol. The van der Waals surface area contributed by atoms with E-state index in [1.807, 2.05) is 6.07 Å². The second kappa shape index (κ2) is 6.56. The van der Waals surface area contributed by atoms with Crippen LogP contribution in [-0.4, -0.2) is 16.8 Å². The van der Waals surface area contributed by atoms with Gasteiger partial charge in [-0.3, -0.25) is 14.6 Å². The molecule has 1 aromatic carbocycles. The summed E-state index contributed by atoms with van der Waals surface area (Å²) in [5.74, 6) is -1.48. The Hall–Kier alpha value is -2.76. The van der Waals surface area contributed by atoms with Crippen molar-refractivity contribution in [3.05, 3.63) is 60.2 Å². The van der Waals surface area contributed by atoms with Gasteiger partial charge in [0.2, 0.25) is 11.8 Å². The number of rotatable bonds is 5. The van der Waals surface area contributed by atoms with Crippen molar-refractivity contribution in [2.24, 2.45) is 11.8 Å². The minimum Gasteiger partial charge on any atom is -0.352 e. The van der Waals surface area contributed by atoms with E-state index in [1.165, 1.54) is 18.2 Å². The maximum atomic E-state index is 13.1. The van der Waals surface area contributed by atoms with Crippen molar-refractivity contribution < 1.29 is 14.0 Å². The number of aromatic nitrogens is 1. The number of nitrogens with one attached hydrogen (secondary N) is 2. The quantitative estimate of drug-likeness (QED) is 0.888. The first kappa shape index (κ1) is 15.1. The summed E-state index contributed by atoms with van der Waals surface area (Å²) in [4.78, 5) is 28.1. The maximum Gasteiger partial charge on any atom is 0.228 e. The van der Waals surface area contributed by atoms with Gasteiger partial charge in [-0.25, -0.2) is 4.39 Å². The molecule has 0 aliphatic heterocycles. The van der Waals surface area contributed by atoms with Gasteiger partial charge in [0.25, 0.3) is 0 Å². The number of halogens is 1. The lowest BCUT2D eigenvalue weighted by Gasteiger charge is -2.06. The molecule has 3 rings (SSSR count). The number of anilines is 1. The highest BCUT2D eigenvalue weighted by molar-refractivity contribution is 5.99. The first-order valence-corrected chi connectivity index (χ1v) is 7.36. The van der Waals surface area contributed by atoms with Crippen LogP contribution in [-0.2, 0) is 16.1 Å². The van der Waals surface area contributed by atoms with E-state index < -0.39 is 5.82 Å². The molecule has 23 heavy (non-hydrogen) atoms. The zero-order valence-corrected chi connectivity index (χ0v) is 12.3. The molecule has 6 heteroatoms. The summed E-state index contributed by atoms with van der Waals surface area (Å²) in [7, 11) is 0. The van der Waals surface area contributed by atoms with Gasteiger partial charge in [0.1, 0.15) is 5.82 Å². The summed E-state index contributed by atoms with van der Waals surface area (Å²) < 4.78 is 13.1. The van der Waals surface area contributed by atoms with Gasteiger partial charge in [-0.05, 0) is 36.2 Å². The summed E-state index contributed by atoms with van der Waals surface area (Å²) in [6.07, 6.45) is 3.86. The van der Waals surface area contributed by atoms with Crippen molar-refractivity contribution in [3.8, 4) is 0 Å². The largest absolute Gasteiger partial charge is 0.352 e. The minimum absolute atomic E-state index is 0.145. The monoisotopic (exact) mass is 313 g/mol. The molecule has 1 aliphatic carbocycles. The zero-order chi connectivity index (χ0) is 16.2. The molecule has 2 aromatic rings. The fourth-order valence-electron chi connectivity index (χ4n) is 2.40. The predicted octanol–water partition coefficient (Wildman–Crippen LogP) is 2.11. The molecule has 1 fully saturated rings. The van der Waals surface area contributed by atoms with Crippen LogP contribution in [0.1, 0.15) is 12.0 Å². The van der Waals surface area contributed by atoms with Gasteiger partial charge in [-0.15, -0.1) is 0 Å². The SMILES string of the molecule is O=C(NCc1cccnc1)C1CC1C(=O)Nc1cccc(F)c1. The molecule has 2 unspecified atom stereocenters. The maximum absolute atomic E-state index is 13.1. The van der Waals surface area contributed by atoms with Gasteiger partial charge in [-0.2, -0.15) is 0 Å². The summed E-state index contributed by atoms with van der Waals surface area (Å²) >= 11 is 0. The van der Waals surface area contributed by atoms with E-state index >= 15 is 0 Å². The lowest BCUT2D eigenvalue weighted by Crippen LogP contribution is -2.27. The first-order valence-electron chi connectivity index (χ1n) is 7.36. The Kier molecular flexibility index (Phi) is 4.32. The predicted molar refractivity (Wildman–Crippen MR) is 82.7 cm³/mol. The van der Waals surface area contributed by atoms with Gasteiger partial charge in [0.15, 0.2) is 0 Å². The molecule has 1 saturated carbocycles. The summed E-state index contributed by atoms with van der Waals surface area (Å²) in [6, 6.07) is 9.36. The number of benzene rings is 1. The molecule has 1 aliphatic rings. The molecule has 118 valence electrons. The Balaban J connectivity index is 1.48. The molecule has 0 bridgehead atoms. The van der Waals surface area contributed by atoms with Crippen molar-refractivity contribution in [1.29, 1.82) is 0 Å². The van der Waals surface area contributed by atoms with Crippen LogP contribution in [0.4, 0.5) is 10.1 Å². The van der Waals surface area contributed by atoms with Crippen molar-refractivity contribution in [2.45, 2.75) is 13.0 Å². The number of hydrogen-bond acceptors (Lipinski definition) is 3. The van der Waals surface area contributed by atoms with E-state index in [0.717, 1.165) is 5.56 Å². The summed E-state index contributed by atoms with van der Waals surface area (Å²) in [5, 5.41) is 5.43. The third-order valence-electron chi connectivity index (χ3n) is 3.75. The molecule has 0 spiro atoms. The highest BCUT2D eigenvalue weighted by Gasteiger charge is 2.47. The van der Waals surface area contributed by atoms with Gasteiger partial charge in [0.05, 0.1) is 11.8 Å². The molecule has 5 nitrogen and oxygen atoms in total. The molecule has 0 radical (unpaired) electrons. The lowest BCUT2D eigenvalue weighted by atomic mass is 10.2. The zero-order valence-electron chi connectivity index (χ0n) is 12.3. The number of carbonyl (C=O) groups excluding carboxylic acids is 2. The molecular weight excluding hydrogens is 297 g/mol. The van der Waals surface area contributed by atoms with Gasteiger partial charge >= 0.3 is 0 Å². The molecule has 2 N–H and O–H groups in total. The third-order valence-corrected chi connectivity index (χ3v) is 3.75. The molecule has 2 atom stereocenters. The summed E-state index contributed by atoms with van der Waals surface area (Å²) in [6.45, 7) is 0.390. The smallest absolute Gasteiger partial charge is 0.228 e. The molecular formula is C17H16FN3O2. The van der Waals surface area contributed by atoms with E-state index in [4.69, 9.17) is 0 Å². The third kappa shape index (κ3) is 3.91. The van der Waals surface area contributed by atoms with Crippen LogP contribution in [0.25, 0.3) is 0 Å². The van der Waals surface area contributed by atoms with Crippen LogP contribution in [0.5, 0.6) is 0 Å². The van der Waals surface area contributed by atoms with Gasteiger partial charge < -0.3 is 10.6 Å². The second-order valence-electron chi connectivity index (χ2n) is 5.53. The number of nitrogens with zero attached hydrogens (tertiary/aromatic N) is 1. The highest BCUT2D eigenvalue weighted by Crippen LogP contribution is 2.39. The molecule has 1 aromatic heterocycles. The van der Waals surface area contributed by atoms with Crippen molar-refractivity contribution in [2.75, 3.05) is 5.32 Å². The number of carbonyl (C=O) groups is 2. The van der Waals surface area contributed by atoms with Crippen LogP contribution in [0.2, 0.25) is 0 Å². The van der Waals surface area contributed by atoms with Crippen LogP contribution in [0, 0.1) is 17.7 Å². The van der Waals surface area contributed by atoms with E-state index in [1.54, 1.807) is 24.5 Å². The Morgan fingerprint density at radius 1 is 1.17 bits per heavy atom. The Morgan fingerprint density at radius 2 is 2.00 bits per heavy atom. The minimum atomic E-state index is -0.413. The summed E-state index contributed by atoms with van der Waals surface area (Å²) in [5.41, 5.74) is 1.30. The number of amides is 2. The van der Waals surface area contributed by atoms with Crippen LogP contribution >= 0.6 is 0 Å². The first-order chi connectivity index (χ1) is 11.1. The number of hydrogen-bond donors (Lipinski definition) is 2. The Labute approximate surface area is 132 Å². The molecule has 0 saturated heterocycles. The lowest BCUT2D eigenvalue weighted by molar-refractivity contribution is -0.125. The van der Waals surface area contributed by atoms with Gasteiger partial charge in [0, 0.05) is 24.6 Å². The van der Waals surface area contributed by atoms with E-state index in [9.17, 15) is 14.0 Å². The van der Waals surface area contributed by atoms with Crippen molar-refractivity contribution >= 4 is 17.5 Å². The molecule has 2 amide bonds. The van der Waals surface area contributed by atoms with E-state index in [0.29, 0.717) is 18.7 Å². The van der Waals surface area contributed by atoms with E-state index in [2.05, 4.69) is 15.6 Å². The van der Waals surface area contributed by atoms with Gasteiger partial charge in [-0.1, -0.05) is 12.1 Å². The fourth-order valence-corrected chi connectivity index (χ4v) is 2.40. The highest BCUT2D eigenvalue weighted by atomic mass is 19.1. The van der Waals surface area contributed by atoms with E-state index in [-0.39, 0.29) is 23.7 Å². The Bertz CT molecular complexity index is 721. The normalized spacial score (nSPS) is 19.0. The van der Waals surface area contributed by atoms with Crippen LogP contribution in [0.3, 0.4) is 0 Å². The van der Waals surface area contributed by atoms with Crippen LogP contribution < -0.4 is 10.6 Å². The van der Waals surface area contributed by atoms with Crippen LogP contribution in [0.15, 0.2) is 48.8 Å². The Morgan fingerprint density at radius 3 is 2.74 bits per heavy atom. The topological polar surface area (TPSA) is 71.1 Å². The second-order valence-corrected chi connectivity index (χ2v) is 5.53. The number of pyridine rings is 1. The molecule has 1 heterocycles.